The summed E-state index contributed by atoms with van der Waals surface area (Å²) in [5.41, 5.74) is 0.527. The van der Waals surface area contributed by atoms with Gasteiger partial charge < -0.3 is 9.16 Å². The Labute approximate surface area is 121 Å². The van der Waals surface area contributed by atoms with E-state index in [1.807, 2.05) is 33.5 Å². The Hall–Kier alpha value is -1.62. The summed E-state index contributed by atoms with van der Waals surface area (Å²) in [5, 5.41) is 0. The van der Waals surface area contributed by atoms with E-state index in [2.05, 4.69) is 0 Å². The van der Waals surface area contributed by atoms with Crippen LogP contribution in [0.5, 0.6) is 0 Å². The molecule has 0 saturated carbocycles. The molecule has 0 aliphatic carbocycles. The average molecular weight is 294 g/mol. The van der Waals surface area contributed by atoms with Gasteiger partial charge >= 0.3 is 11.9 Å². The number of rotatable bonds is 5. The minimum atomic E-state index is -2.00. The molecule has 0 radical (unpaired) electrons. The molecule has 0 amide bonds. The van der Waals surface area contributed by atoms with Gasteiger partial charge in [0.1, 0.15) is 0 Å². The first-order chi connectivity index (χ1) is 9.24. The number of ether oxygens (including phenoxy) is 1. The number of hydrogen-bond donors (Lipinski definition) is 0. The predicted octanol–water partition coefficient (Wildman–Crippen LogP) is 3.63. The minimum absolute atomic E-state index is 0.177. The van der Waals surface area contributed by atoms with Crippen molar-refractivity contribution in [1.29, 1.82) is 0 Å². The smallest absolute Gasteiger partial charge is 0.339 e. The molecule has 0 fully saturated rings. The molecular weight excluding hydrogens is 272 g/mol. The standard InChI is InChI=1S/C15H22O4Si/c1-6-11(2)18-14(16)12-9-7-8-10-13(12)15(17)19-20(3,4)5/h7-11H,6H2,1-5H3. The van der Waals surface area contributed by atoms with Crippen molar-refractivity contribution in [3.05, 3.63) is 35.4 Å². The van der Waals surface area contributed by atoms with Gasteiger partial charge in [-0.2, -0.15) is 0 Å². The highest BCUT2D eigenvalue weighted by Crippen LogP contribution is 2.16. The lowest BCUT2D eigenvalue weighted by atomic mass is 10.1. The molecule has 0 aliphatic heterocycles. The third kappa shape index (κ3) is 4.81. The van der Waals surface area contributed by atoms with Crippen molar-refractivity contribution in [2.45, 2.75) is 46.0 Å². The Morgan fingerprint density at radius 2 is 1.60 bits per heavy atom. The van der Waals surface area contributed by atoms with E-state index >= 15 is 0 Å². The summed E-state index contributed by atoms with van der Waals surface area (Å²) in [6, 6.07) is 6.60. The second-order valence-electron chi connectivity index (χ2n) is 5.67. The molecule has 110 valence electrons. The zero-order chi connectivity index (χ0) is 15.3. The Bertz CT molecular complexity index is 491. The molecule has 5 heteroatoms. The van der Waals surface area contributed by atoms with Gasteiger partial charge in [0.15, 0.2) is 0 Å². The van der Waals surface area contributed by atoms with Crippen LogP contribution >= 0.6 is 0 Å². The fraction of sp³-hybridized carbons (Fsp3) is 0.467. The van der Waals surface area contributed by atoms with Crippen molar-refractivity contribution in [3.8, 4) is 0 Å². The summed E-state index contributed by atoms with van der Waals surface area (Å²) >= 11 is 0. The van der Waals surface area contributed by atoms with E-state index in [0.29, 0.717) is 0 Å². The first-order valence-electron chi connectivity index (χ1n) is 6.78. The van der Waals surface area contributed by atoms with Gasteiger partial charge in [0, 0.05) is 0 Å². The maximum atomic E-state index is 12.1. The SMILES string of the molecule is CCC(C)OC(=O)c1ccccc1C(=O)O[Si](C)(C)C. The summed E-state index contributed by atoms with van der Waals surface area (Å²) in [6.07, 6.45) is 0.552. The highest BCUT2D eigenvalue weighted by Gasteiger charge is 2.25. The first kappa shape index (κ1) is 16.4. The average Bonchev–Trinajstić information content (AvgIpc) is 2.36. The minimum Gasteiger partial charge on any atom is -0.516 e. The van der Waals surface area contributed by atoms with Crippen molar-refractivity contribution < 1.29 is 18.8 Å². The van der Waals surface area contributed by atoms with Crippen LogP contribution < -0.4 is 0 Å². The van der Waals surface area contributed by atoms with Gasteiger partial charge in [0.05, 0.1) is 17.2 Å². The van der Waals surface area contributed by atoms with Crippen molar-refractivity contribution in [3.63, 3.8) is 0 Å². The first-order valence-corrected chi connectivity index (χ1v) is 10.2. The highest BCUT2D eigenvalue weighted by molar-refractivity contribution is 6.71. The predicted molar refractivity (Wildman–Crippen MR) is 80.4 cm³/mol. The van der Waals surface area contributed by atoms with E-state index in [1.165, 1.54) is 0 Å². The number of hydrogen-bond acceptors (Lipinski definition) is 4. The molecule has 1 unspecified atom stereocenters. The van der Waals surface area contributed by atoms with E-state index in [0.717, 1.165) is 6.42 Å². The lowest BCUT2D eigenvalue weighted by Gasteiger charge is -2.19. The van der Waals surface area contributed by atoms with E-state index < -0.39 is 20.3 Å². The molecule has 0 heterocycles. The van der Waals surface area contributed by atoms with Crippen LogP contribution in [0.25, 0.3) is 0 Å². The zero-order valence-corrected chi connectivity index (χ0v) is 13.7. The highest BCUT2D eigenvalue weighted by atomic mass is 28.4. The quantitative estimate of drug-likeness (QED) is 0.614. The van der Waals surface area contributed by atoms with Crippen LogP contribution in [0, 0.1) is 0 Å². The topological polar surface area (TPSA) is 52.6 Å². The Kier molecular flexibility index (Phi) is 5.50. The van der Waals surface area contributed by atoms with Crippen molar-refractivity contribution in [1.82, 2.24) is 0 Å². The monoisotopic (exact) mass is 294 g/mol. The Balaban J connectivity index is 2.99. The normalized spacial score (nSPS) is 12.7. The molecular formula is C15H22O4Si. The van der Waals surface area contributed by atoms with Gasteiger partial charge in [-0.25, -0.2) is 9.59 Å². The molecule has 1 rings (SSSR count). The van der Waals surface area contributed by atoms with Crippen LogP contribution in [0.15, 0.2) is 24.3 Å². The second-order valence-corrected chi connectivity index (χ2v) is 10.1. The molecule has 0 spiro atoms. The number of esters is 1. The molecule has 0 N–H and O–H groups in total. The van der Waals surface area contributed by atoms with Crippen molar-refractivity contribution in [2.75, 3.05) is 0 Å². The number of benzene rings is 1. The summed E-state index contributed by atoms with van der Waals surface area (Å²) in [6.45, 7) is 9.52. The summed E-state index contributed by atoms with van der Waals surface area (Å²) in [5.74, 6) is -0.941. The van der Waals surface area contributed by atoms with Crippen LogP contribution in [0.1, 0.15) is 41.0 Å². The fourth-order valence-corrected chi connectivity index (χ4v) is 2.17. The van der Waals surface area contributed by atoms with Crippen LogP contribution in [-0.2, 0) is 9.16 Å². The molecule has 1 aromatic rings. The van der Waals surface area contributed by atoms with E-state index in [1.54, 1.807) is 24.3 Å². The summed E-state index contributed by atoms with van der Waals surface area (Å²) in [7, 11) is -2.00. The van der Waals surface area contributed by atoms with Crippen LogP contribution in [0.4, 0.5) is 0 Å². The van der Waals surface area contributed by atoms with E-state index in [9.17, 15) is 9.59 Å². The Morgan fingerprint density at radius 3 is 2.05 bits per heavy atom. The van der Waals surface area contributed by atoms with Crippen LogP contribution in [-0.4, -0.2) is 26.4 Å². The van der Waals surface area contributed by atoms with E-state index in [4.69, 9.17) is 9.16 Å². The van der Waals surface area contributed by atoms with Crippen molar-refractivity contribution in [2.24, 2.45) is 0 Å². The maximum absolute atomic E-state index is 12.1. The molecule has 20 heavy (non-hydrogen) atoms. The molecule has 0 saturated heterocycles. The van der Waals surface area contributed by atoms with Crippen LogP contribution in [0.2, 0.25) is 19.6 Å². The fourth-order valence-electron chi connectivity index (χ4n) is 1.50. The largest absolute Gasteiger partial charge is 0.516 e. The van der Waals surface area contributed by atoms with Gasteiger partial charge in [-0.15, -0.1) is 0 Å². The zero-order valence-electron chi connectivity index (χ0n) is 12.7. The van der Waals surface area contributed by atoms with Gasteiger partial charge in [0.2, 0.25) is 8.32 Å². The Morgan fingerprint density at radius 1 is 1.10 bits per heavy atom. The summed E-state index contributed by atoms with van der Waals surface area (Å²) in [4.78, 5) is 24.2. The van der Waals surface area contributed by atoms with Gasteiger partial charge in [-0.1, -0.05) is 19.1 Å². The summed E-state index contributed by atoms with van der Waals surface area (Å²) < 4.78 is 10.7. The molecule has 0 bridgehead atoms. The molecule has 0 aliphatic rings. The van der Waals surface area contributed by atoms with Crippen LogP contribution in [0.3, 0.4) is 0 Å². The van der Waals surface area contributed by atoms with E-state index in [-0.39, 0.29) is 17.2 Å². The molecule has 0 aromatic heterocycles. The second kappa shape index (κ2) is 6.70. The molecule has 1 aromatic carbocycles. The number of carbonyl (C=O) groups is 2. The van der Waals surface area contributed by atoms with Gasteiger partial charge in [-0.3, -0.25) is 0 Å². The lowest BCUT2D eigenvalue weighted by Crippen LogP contribution is -2.30. The van der Waals surface area contributed by atoms with Crippen molar-refractivity contribution >= 4 is 20.3 Å². The third-order valence-electron chi connectivity index (χ3n) is 2.65. The van der Waals surface area contributed by atoms with Gasteiger partial charge in [0.25, 0.3) is 0 Å². The van der Waals surface area contributed by atoms with Gasteiger partial charge in [-0.05, 0) is 45.1 Å². The lowest BCUT2D eigenvalue weighted by molar-refractivity contribution is 0.0329. The third-order valence-corrected chi connectivity index (χ3v) is 3.45. The number of carbonyl (C=O) groups excluding carboxylic acids is 2. The maximum Gasteiger partial charge on any atom is 0.339 e. The molecule has 4 nitrogen and oxygen atoms in total. The molecule has 1 atom stereocenters.